The van der Waals surface area contributed by atoms with Crippen LogP contribution in [0.4, 0.5) is 0 Å². The normalized spacial score (nSPS) is 19.6. The minimum atomic E-state index is -0.0688. The topological polar surface area (TPSA) is 72.7 Å². The number of benzene rings is 1. The fourth-order valence-corrected chi connectivity index (χ4v) is 3.89. The van der Waals surface area contributed by atoms with Gasteiger partial charge < -0.3 is 5.32 Å². The van der Waals surface area contributed by atoms with Crippen LogP contribution < -0.4 is 5.32 Å². The summed E-state index contributed by atoms with van der Waals surface area (Å²) < 4.78 is 1.90. The Hall–Kier alpha value is -3.02. The first kappa shape index (κ1) is 17.4. The van der Waals surface area contributed by atoms with E-state index < -0.39 is 0 Å². The zero-order chi connectivity index (χ0) is 18.6. The minimum absolute atomic E-state index is 0.0574. The van der Waals surface area contributed by atoms with Gasteiger partial charge in [-0.05, 0) is 37.1 Å². The van der Waals surface area contributed by atoms with Gasteiger partial charge in [-0.25, -0.2) is 9.67 Å². The van der Waals surface area contributed by atoms with Gasteiger partial charge in [-0.2, -0.15) is 0 Å². The van der Waals surface area contributed by atoms with Crippen molar-refractivity contribution in [1.82, 2.24) is 25.1 Å². The van der Waals surface area contributed by atoms with Crippen molar-refractivity contribution in [2.45, 2.75) is 31.6 Å². The Morgan fingerprint density at radius 1 is 1.07 bits per heavy atom. The molecule has 0 radical (unpaired) electrons. The first-order valence-electron chi connectivity index (χ1n) is 9.42. The summed E-state index contributed by atoms with van der Waals surface area (Å²) in [6.45, 7) is 0. The summed E-state index contributed by atoms with van der Waals surface area (Å²) in [4.78, 5) is 21.5. The molecule has 1 aliphatic rings. The molecule has 1 N–H and O–H groups in total. The molecule has 6 heteroatoms. The van der Waals surface area contributed by atoms with Gasteiger partial charge >= 0.3 is 0 Å². The quantitative estimate of drug-likeness (QED) is 0.773. The maximum Gasteiger partial charge on any atom is 0.223 e. The maximum absolute atomic E-state index is 12.5. The van der Waals surface area contributed by atoms with Crippen molar-refractivity contribution in [3.05, 3.63) is 60.7 Å². The molecule has 2 aromatic heterocycles. The fraction of sp³-hybridized carbons (Fsp3) is 0.333. The minimum Gasteiger partial charge on any atom is -0.359 e. The number of hydrogen-bond acceptors (Lipinski definition) is 4. The lowest BCUT2D eigenvalue weighted by Crippen LogP contribution is -2.34. The van der Waals surface area contributed by atoms with Crippen LogP contribution >= 0.6 is 0 Å². The average molecular weight is 361 g/mol. The van der Waals surface area contributed by atoms with Crippen LogP contribution in [0.2, 0.25) is 0 Å². The Kier molecular flexibility index (Phi) is 4.96. The first-order valence-corrected chi connectivity index (χ1v) is 9.42. The number of carbonyl (C=O) groups excluding carboxylic acids is 1. The van der Waals surface area contributed by atoms with Crippen molar-refractivity contribution in [3.8, 4) is 17.1 Å². The van der Waals surface area contributed by atoms with Crippen molar-refractivity contribution in [2.75, 3.05) is 7.05 Å². The monoisotopic (exact) mass is 361 g/mol. The molecule has 1 aromatic carbocycles. The van der Waals surface area contributed by atoms with E-state index in [4.69, 9.17) is 10.1 Å². The number of nitrogens with zero attached hydrogens (tertiary/aromatic N) is 4. The lowest BCUT2D eigenvalue weighted by Gasteiger charge is -2.29. The third-order valence-electron chi connectivity index (χ3n) is 5.25. The van der Waals surface area contributed by atoms with Crippen molar-refractivity contribution >= 4 is 5.91 Å². The Bertz CT molecular complexity index is 907. The summed E-state index contributed by atoms with van der Waals surface area (Å²) in [6, 6.07) is 13.8. The Balaban J connectivity index is 1.82. The molecule has 2 heterocycles. The highest BCUT2D eigenvalue weighted by Crippen LogP contribution is 2.38. The molecule has 0 unspecified atom stereocenters. The van der Waals surface area contributed by atoms with Crippen LogP contribution in [-0.4, -0.2) is 32.7 Å². The van der Waals surface area contributed by atoms with Gasteiger partial charge in [0.2, 0.25) is 5.91 Å². The highest BCUT2D eigenvalue weighted by Gasteiger charge is 2.35. The molecule has 0 saturated heterocycles. The molecular formula is C21H23N5O. The lowest BCUT2D eigenvalue weighted by molar-refractivity contribution is -0.126. The van der Waals surface area contributed by atoms with Crippen LogP contribution in [-0.2, 0) is 4.79 Å². The zero-order valence-corrected chi connectivity index (χ0v) is 15.4. The zero-order valence-electron chi connectivity index (χ0n) is 15.4. The maximum atomic E-state index is 12.5. The molecule has 138 valence electrons. The predicted octanol–water partition coefficient (Wildman–Crippen LogP) is 3.35. The van der Waals surface area contributed by atoms with Crippen LogP contribution in [0.3, 0.4) is 0 Å². The molecule has 1 fully saturated rings. The molecule has 1 aliphatic carbocycles. The second-order valence-corrected chi connectivity index (χ2v) is 6.89. The van der Waals surface area contributed by atoms with E-state index in [9.17, 15) is 4.79 Å². The molecule has 0 aliphatic heterocycles. The van der Waals surface area contributed by atoms with Gasteiger partial charge in [-0.1, -0.05) is 31.0 Å². The van der Waals surface area contributed by atoms with E-state index in [0.29, 0.717) is 5.82 Å². The van der Waals surface area contributed by atoms with E-state index in [1.165, 1.54) is 0 Å². The number of rotatable bonds is 4. The predicted molar refractivity (Wildman–Crippen MR) is 103 cm³/mol. The Morgan fingerprint density at radius 3 is 2.56 bits per heavy atom. The van der Waals surface area contributed by atoms with Gasteiger partial charge in [0.05, 0.1) is 5.69 Å². The second-order valence-electron chi connectivity index (χ2n) is 6.89. The highest BCUT2D eigenvalue weighted by molar-refractivity contribution is 5.79. The van der Waals surface area contributed by atoms with E-state index in [-0.39, 0.29) is 17.7 Å². The van der Waals surface area contributed by atoms with Crippen LogP contribution in [0.15, 0.2) is 54.9 Å². The van der Waals surface area contributed by atoms with Crippen LogP contribution in [0.25, 0.3) is 17.1 Å². The van der Waals surface area contributed by atoms with Gasteiger partial charge in [0.25, 0.3) is 0 Å². The van der Waals surface area contributed by atoms with Crippen LogP contribution in [0.5, 0.6) is 0 Å². The number of para-hydroxylation sites is 1. The molecule has 27 heavy (non-hydrogen) atoms. The molecule has 6 nitrogen and oxygen atoms in total. The molecule has 1 amide bonds. The Labute approximate surface area is 158 Å². The molecule has 3 aromatic rings. The number of hydrogen-bond donors (Lipinski definition) is 1. The van der Waals surface area contributed by atoms with E-state index >= 15 is 0 Å². The number of pyridine rings is 1. The number of nitrogens with one attached hydrogen (secondary N) is 1. The van der Waals surface area contributed by atoms with E-state index in [2.05, 4.69) is 10.3 Å². The summed E-state index contributed by atoms with van der Waals surface area (Å²) >= 11 is 0. The van der Waals surface area contributed by atoms with E-state index in [1.807, 2.05) is 47.1 Å². The summed E-state index contributed by atoms with van der Waals surface area (Å²) in [6.07, 6.45) is 7.49. The third kappa shape index (κ3) is 3.47. The standard InChI is InChI=1S/C21H23N5O/c1-22-21(27)18-10-6-5-9-17(18)20-24-19(15-11-13-23-14-12-15)25-26(20)16-7-3-2-4-8-16/h2-4,7-8,11-14,17-18H,5-6,9-10H2,1H3,(H,22,27)/t17-,18+/m0/s1. The molecule has 1 saturated carbocycles. The van der Waals surface area contributed by atoms with E-state index in [0.717, 1.165) is 42.8 Å². The van der Waals surface area contributed by atoms with Crippen molar-refractivity contribution < 1.29 is 4.79 Å². The first-order chi connectivity index (χ1) is 13.3. The third-order valence-corrected chi connectivity index (χ3v) is 5.25. The highest BCUT2D eigenvalue weighted by atomic mass is 16.1. The Morgan fingerprint density at radius 2 is 1.81 bits per heavy atom. The number of aromatic nitrogens is 4. The summed E-state index contributed by atoms with van der Waals surface area (Å²) in [5.74, 6) is 1.61. The molecule has 0 bridgehead atoms. The molecular weight excluding hydrogens is 338 g/mol. The molecule has 0 spiro atoms. The van der Waals surface area contributed by atoms with Gasteiger partial charge in [0, 0.05) is 36.8 Å². The molecule has 4 rings (SSSR count). The van der Waals surface area contributed by atoms with Crippen LogP contribution in [0, 0.1) is 5.92 Å². The van der Waals surface area contributed by atoms with E-state index in [1.54, 1.807) is 19.4 Å². The van der Waals surface area contributed by atoms with Gasteiger partial charge in [0.1, 0.15) is 5.82 Å². The molecule has 2 atom stereocenters. The van der Waals surface area contributed by atoms with Crippen molar-refractivity contribution in [2.24, 2.45) is 5.92 Å². The van der Waals surface area contributed by atoms with Crippen molar-refractivity contribution in [1.29, 1.82) is 0 Å². The van der Waals surface area contributed by atoms with Crippen molar-refractivity contribution in [3.63, 3.8) is 0 Å². The average Bonchev–Trinajstić information content (AvgIpc) is 3.20. The summed E-state index contributed by atoms with van der Waals surface area (Å²) in [7, 11) is 1.71. The fourth-order valence-electron chi connectivity index (χ4n) is 3.89. The summed E-state index contributed by atoms with van der Waals surface area (Å²) in [5, 5.41) is 7.62. The number of amides is 1. The SMILES string of the molecule is CNC(=O)[C@@H]1CCCC[C@@H]1c1nc(-c2ccncc2)nn1-c1ccccc1. The second kappa shape index (κ2) is 7.70. The lowest BCUT2D eigenvalue weighted by atomic mass is 9.78. The van der Waals surface area contributed by atoms with Gasteiger partial charge in [-0.15, -0.1) is 5.10 Å². The largest absolute Gasteiger partial charge is 0.359 e. The summed E-state index contributed by atoms with van der Waals surface area (Å²) in [5.41, 5.74) is 1.88. The smallest absolute Gasteiger partial charge is 0.223 e. The number of carbonyl (C=O) groups is 1. The van der Waals surface area contributed by atoms with Gasteiger partial charge in [-0.3, -0.25) is 9.78 Å². The van der Waals surface area contributed by atoms with Crippen LogP contribution in [0.1, 0.15) is 37.4 Å². The van der Waals surface area contributed by atoms with Gasteiger partial charge in [0.15, 0.2) is 5.82 Å².